The molecule has 0 saturated carbocycles. The molecule has 232 valence electrons. The molecule has 0 aliphatic carbocycles. The third-order valence-corrected chi connectivity index (χ3v) is 6.65. The van der Waals surface area contributed by atoms with Crippen LogP contribution < -0.4 is 27.0 Å². The summed E-state index contributed by atoms with van der Waals surface area (Å²) in [5.41, 5.74) is 4.18. The van der Waals surface area contributed by atoms with Crippen LogP contribution in [0.2, 0.25) is 0 Å². The van der Waals surface area contributed by atoms with Crippen molar-refractivity contribution in [2.75, 3.05) is 19.6 Å². The average Bonchev–Trinajstić information content (AvgIpc) is 3.31. The first-order valence-corrected chi connectivity index (χ1v) is 13.2. The van der Waals surface area contributed by atoms with Crippen molar-refractivity contribution in [1.29, 1.82) is 0 Å². The van der Waals surface area contributed by atoms with Crippen molar-refractivity contribution in [1.82, 2.24) is 26.2 Å². The van der Waals surface area contributed by atoms with E-state index in [0.717, 1.165) is 0 Å². The van der Waals surface area contributed by atoms with E-state index in [4.69, 9.17) is 5.73 Å². The minimum Gasteiger partial charge on any atom is -0.368 e. The Labute approximate surface area is 237 Å². The normalized spacial score (nSPS) is 18.7. The number of alkyl halides is 3. The number of carbonyl (C=O) groups is 6. The first-order chi connectivity index (χ1) is 18.8. The summed E-state index contributed by atoms with van der Waals surface area (Å²) in [4.78, 5) is 76.7. The van der Waals surface area contributed by atoms with Crippen molar-refractivity contribution in [3.8, 4) is 0 Å². The Balaban J connectivity index is 3.29. The number of nitrogens with zero attached hydrogens (tertiary/aromatic N) is 1. The van der Waals surface area contributed by atoms with Crippen LogP contribution in [0.5, 0.6) is 0 Å². The molecule has 6 amide bonds. The second kappa shape index (κ2) is 14.8. The van der Waals surface area contributed by atoms with E-state index in [0.29, 0.717) is 0 Å². The van der Waals surface area contributed by atoms with Gasteiger partial charge in [-0.25, -0.2) is 4.79 Å². The number of hydrogen-bond acceptors (Lipinski definition) is 6. The summed E-state index contributed by atoms with van der Waals surface area (Å²) in [5.74, 6) is -4.96. The van der Waals surface area contributed by atoms with Gasteiger partial charge in [-0.1, -0.05) is 40.7 Å². The van der Waals surface area contributed by atoms with Crippen molar-refractivity contribution in [3.05, 3.63) is 12.7 Å². The number of likely N-dealkylation sites (tertiary alicyclic amines) is 1. The smallest absolute Gasteiger partial charge is 0.368 e. The predicted octanol–water partition coefficient (Wildman–Crippen LogP) is 0.757. The number of Topliss-reactive ketones (excluding diaryl/α,β-unsaturated/α-hetero) is 1. The Bertz CT molecular complexity index is 1010. The van der Waals surface area contributed by atoms with E-state index in [2.05, 4.69) is 27.8 Å². The molecule has 41 heavy (non-hydrogen) atoms. The molecule has 1 heterocycles. The molecule has 4 unspecified atom stereocenters. The van der Waals surface area contributed by atoms with Gasteiger partial charge < -0.3 is 31.9 Å². The summed E-state index contributed by atoms with van der Waals surface area (Å²) in [6.07, 6.45) is -5.55. The first-order valence-electron chi connectivity index (χ1n) is 13.2. The van der Waals surface area contributed by atoms with Crippen molar-refractivity contribution in [3.63, 3.8) is 0 Å². The number of hydrogen-bond donors (Lipinski definition) is 5. The molecule has 4 atom stereocenters. The number of amides is 6. The van der Waals surface area contributed by atoms with Crippen LogP contribution in [-0.2, 0) is 24.0 Å². The Kier molecular flexibility index (Phi) is 12.8. The van der Waals surface area contributed by atoms with E-state index >= 15 is 0 Å². The summed E-state index contributed by atoms with van der Waals surface area (Å²) >= 11 is 0. The number of nitrogens with two attached hydrogens (primary N) is 1. The summed E-state index contributed by atoms with van der Waals surface area (Å²) in [6, 6.07) is -5.00. The van der Waals surface area contributed by atoms with Crippen molar-refractivity contribution >= 4 is 35.4 Å². The van der Waals surface area contributed by atoms with Crippen LogP contribution in [0.3, 0.4) is 0 Å². The Morgan fingerprint density at radius 2 is 1.66 bits per heavy atom. The standard InChI is InChI=1S/C26H41F3N6O6/c1-7-10-31-22(39)19(37)16(8-9-26(27,28)29)33-21(38)17-11-15(14(2)3)13-35(17)23(40)20(25(4,5)6)34-24(41)32-12-18(30)36/h7,14-17,20H,1,8-13H2,2-6H3,(H2,30,36)(H,31,39)(H,33,38)(H2,32,34,41). The van der Waals surface area contributed by atoms with Crippen molar-refractivity contribution in [2.24, 2.45) is 23.0 Å². The molecular weight excluding hydrogens is 549 g/mol. The van der Waals surface area contributed by atoms with Crippen LogP contribution in [0.4, 0.5) is 18.0 Å². The molecular formula is C26H41F3N6O6. The van der Waals surface area contributed by atoms with Gasteiger partial charge >= 0.3 is 12.2 Å². The van der Waals surface area contributed by atoms with E-state index in [1.807, 2.05) is 13.8 Å². The number of ketones is 1. The molecule has 1 aliphatic heterocycles. The molecule has 0 spiro atoms. The van der Waals surface area contributed by atoms with Gasteiger partial charge in [-0.3, -0.25) is 24.0 Å². The monoisotopic (exact) mass is 590 g/mol. The zero-order valence-corrected chi connectivity index (χ0v) is 24.0. The van der Waals surface area contributed by atoms with Gasteiger partial charge in [-0.2, -0.15) is 13.2 Å². The first kappa shape index (κ1) is 35.4. The van der Waals surface area contributed by atoms with Crippen LogP contribution in [0.1, 0.15) is 53.9 Å². The second-order valence-corrected chi connectivity index (χ2v) is 11.4. The summed E-state index contributed by atoms with van der Waals surface area (Å²) < 4.78 is 38.9. The van der Waals surface area contributed by atoms with E-state index < -0.39 is 84.5 Å². The molecule has 1 rings (SSSR count). The quantitative estimate of drug-likeness (QED) is 0.156. The van der Waals surface area contributed by atoms with Crippen LogP contribution in [0, 0.1) is 17.3 Å². The van der Waals surface area contributed by atoms with Gasteiger partial charge in [0.1, 0.15) is 12.1 Å². The Morgan fingerprint density at radius 3 is 2.15 bits per heavy atom. The lowest BCUT2D eigenvalue weighted by Crippen LogP contribution is -2.60. The second-order valence-electron chi connectivity index (χ2n) is 11.4. The molecule has 0 aromatic heterocycles. The van der Waals surface area contributed by atoms with E-state index in [1.165, 1.54) is 11.0 Å². The van der Waals surface area contributed by atoms with Gasteiger partial charge in [0.15, 0.2) is 0 Å². The topological polar surface area (TPSA) is 180 Å². The van der Waals surface area contributed by atoms with Crippen molar-refractivity contribution < 1.29 is 41.9 Å². The number of carbonyl (C=O) groups excluding carboxylic acids is 6. The van der Waals surface area contributed by atoms with Gasteiger partial charge in [0.05, 0.1) is 12.6 Å². The van der Waals surface area contributed by atoms with Crippen LogP contribution in [0.25, 0.3) is 0 Å². The maximum atomic E-state index is 13.8. The molecule has 0 aromatic rings. The molecule has 1 aliphatic rings. The van der Waals surface area contributed by atoms with Gasteiger partial charge in [0.2, 0.25) is 23.5 Å². The highest BCUT2D eigenvalue weighted by Crippen LogP contribution is 2.32. The summed E-state index contributed by atoms with van der Waals surface area (Å²) in [6.45, 7) is 11.7. The lowest BCUT2D eigenvalue weighted by atomic mass is 9.85. The van der Waals surface area contributed by atoms with E-state index in [1.54, 1.807) is 20.8 Å². The highest BCUT2D eigenvalue weighted by molar-refractivity contribution is 6.38. The number of primary amides is 1. The molecule has 0 bridgehead atoms. The average molecular weight is 591 g/mol. The third-order valence-electron chi connectivity index (χ3n) is 6.65. The fourth-order valence-corrected chi connectivity index (χ4v) is 4.26. The Hall–Kier alpha value is -3.65. The Morgan fingerprint density at radius 1 is 1.05 bits per heavy atom. The highest BCUT2D eigenvalue weighted by atomic mass is 19.4. The molecule has 15 heteroatoms. The van der Waals surface area contributed by atoms with Crippen LogP contribution in [0.15, 0.2) is 12.7 Å². The zero-order valence-electron chi connectivity index (χ0n) is 24.0. The minimum absolute atomic E-state index is 0.00958. The van der Waals surface area contributed by atoms with Crippen LogP contribution in [-0.4, -0.2) is 84.3 Å². The fourth-order valence-electron chi connectivity index (χ4n) is 4.26. The van der Waals surface area contributed by atoms with E-state index in [9.17, 15) is 41.9 Å². The van der Waals surface area contributed by atoms with Crippen molar-refractivity contribution in [2.45, 2.75) is 78.2 Å². The predicted molar refractivity (Wildman–Crippen MR) is 143 cm³/mol. The molecule has 0 radical (unpaired) electrons. The molecule has 1 fully saturated rings. The lowest BCUT2D eigenvalue weighted by Gasteiger charge is -2.35. The number of rotatable bonds is 13. The van der Waals surface area contributed by atoms with Gasteiger partial charge in [0.25, 0.3) is 5.91 Å². The SMILES string of the molecule is C=CCNC(=O)C(=O)C(CCC(F)(F)F)NC(=O)C1CC(C(C)C)CN1C(=O)C(NC(=O)NCC(N)=O)C(C)(C)C. The largest absolute Gasteiger partial charge is 0.389 e. The fraction of sp³-hybridized carbons (Fsp3) is 0.692. The maximum absolute atomic E-state index is 13.8. The van der Waals surface area contributed by atoms with Gasteiger partial charge in [-0.05, 0) is 30.1 Å². The highest BCUT2D eigenvalue weighted by Gasteiger charge is 2.46. The lowest BCUT2D eigenvalue weighted by molar-refractivity contribution is -0.147. The molecule has 12 nitrogen and oxygen atoms in total. The van der Waals surface area contributed by atoms with Crippen LogP contribution >= 0.6 is 0 Å². The summed E-state index contributed by atoms with van der Waals surface area (Å²) in [7, 11) is 0. The van der Waals surface area contributed by atoms with E-state index in [-0.39, 0.29) is 31.3 Å². The zero-order chi connectivity index (χ0) is 31.7. The number of nitrogens with one attached hydrogen (secondary N) is 4. The van der Waals surface area contributed by atoms with Gasteiger partial charge in [0, 0.05) is 19.5 Å². The molecule has 1 saturated heterocycles. The number of urea groups is 1. The van der Waals surface area contributed by atoms with Gasteiger partial charge in [-0.15, -0.1) is 6.58 Å². The molecule has 0 aromatic carbocycles. The molecule has 6 N–H and O–H groups in total. The number of halogens is 3. The third kappa shape index (κ3) is 11.4. The minimum atomic E-state index is -4.65. The summed E-state index contributed by atoms with van der Waals surface area (Å²) in [5, 5.41) is 9.19. The maximum Gasteiger partial charge on any atom is 0.389 e.